The summed E-state index contributed by atoms with van der Waals surface area (Å²) in [6.45, 7) is 1.27. The maximum absolute atomic E-state index is 12.2. The summed E-state index contributed by atoms with van der Waals surface area (Å²) < 4.78 is 5.08. The maximum Gasteiger partial charge on any atom is 0.328 e. The number of hydrogen-bond donors (Lipinski definition) is 2. The lowest BCUT2D eigenvalue weighted by atomic mass is 10.1. The Labute approximate surface area is 161 Å². The molecule has 2 aromatic carbocycles. The molecule has 0 aromatic heterocycles. The van der Waals surface area contributed by atoms with Gasteiger partial charge in [0.2, 0.25) is 0 Å². The number of nitrogens with zero attached hydrogens (tertiary/aromatic N) is 1. The summed E-state index contributed by atoms with van der Waals surface area (Å²) in [7, 11) is 0. The number of anilines is 1. The van der Waals surface area contributed by atoms with Gasteiger partial charge in [-0.3, -0.25) is 14.5 Å². The summed E-state index contributed by atoms with van der Waals surface area (Å²) >= 11 is 0. The van der Waals surface area contributed by atoms with E-state index in [1.807, 2.05) is 6.07 Å². The number of amides is 4. The molecule has 1 heterocycles. The predicted octanol–water partition coefficient (Wildman–Crippen LogP) is 2.04. The zero-order valence-corrected chi connectivity index (χ0v) is 15.2. The minimum Gasteiger partial charge on any atom is -0.462 e. The maximum atomic E-state index is 12.2. The molecule has 1 aliphatic rings. The number of carbonyl (C=O) groups is 4. The minimum atomic E-state index is -0.897. The number of imide groups is 1. The average Bonchev–Trinajstić information content (AvgIpc) is 2.93. The fourth-order valence-corrected chi connectivity index (χ4v) is 2.75. The molecular formula is C20H19N3O5. The second-order valence-electron chi connectivity index (χ2n) is 6.16. The molecule has 0 saturated carbocycles. The van der Waals surface area contributed by atoms with Crippen molar-refractivity contribution in [3.63, 3.8) is 0 Å². The summed E-state index contributed by atoms with van der Waals surface area (Å²) in [6.07, 6.45) is 0. The number of benzene rings is 2. The Morgan fingerprint density at radius 3 is 2.14 bits per heavy atom. The van der Waals surface area contributed by atoms with Crippen molar-refractivity contribution < 1.29 is 23.9 Å². The Bertz CT molecular complexity index is 878. The number of para-hydroxylation sites is 1. The van der Waals surface area contributed by atoms with Crippen LogP contribution in [0.25, 0.3) is 0 Å². The Kier molecular flexibility index (Phi) is 5.69. The normalized spacial score (nSPS) is 13.7. The number of hydrogen-bond acceptors (Lipinski definition) is 5. The topological polar surface area (TPSA) is 105 Å². The molecule has 0 fully saturated rings. The molecule has 2 aromatic rings. The van der Waals surface area contributed by atoms with E-state index in [2.05, 4.69) is 10.6 Å². The lowest BCUT2D eigenvalue weighted by molar-refractivity contribution is -0.145. The number of carbonyl (C=O) groups excluding carboxylic acids is 4. The third-order valence-corrected chi connectivity index (χ3v) is 4.17. The van der Waals surface area contributed by atoms with Gasteiger partial charge in [-0.05, 0) is 31.2 Å². The summed E-state index contributed by atoms with van der Waals surface area (Å²) in [5, 5.41) is 5.06. The van der Waals surface area contributed by atoms with Crippen LogP contribution < -0.4 is 10.6 Å². The van der Waals surface area contributed by atoms with Crippen molar-refractivity contribution >= 4 is 29.5 Å². The van der Waals surface area contributed by atoms with E-state index in [1.165, 1.54) is 6.92 Å². The van der Waals surface area contributed by atoms with Crippen LogP contribution in [0.3, 0.4) is 0 Å². The highest BCUT2D eigenvalue weighted by Crippen LogP contribution is 2.21. The van der Waals surface area contributed by atoms with Crippen molar-refractivity contribution in [2.75, 3.05) is 18.5 Å². The molecule has 0 radical (unpaired) electrons. The van der Waals surface area contributed by atoms with Crippen LogP contribution in [-0.2, 0) is 9.53 Å². The molecule has 1 atom stereocenters. The van der Waals surface area contributed by atoms with Gasteiger partial charge in [0.05, 0.1) is 17.7 Å². The van der Waals surface area contributed by atoms with Crippen LogP contribution in [0.5, 0.6) is 0 Å². The molecule has 0 aliphatic carbocycles. The van der Waals surface area contributed by atoms with Gasteiger partial charge >= 0.3 is 12.0 Å². The van der Waals surface area contributed by atoms with Crippen molar-refractivity contribution in [3.8, 4) is 0 Å². The van der Waals surface area contributed by atoms with Crippen molar-refractivity contribution in [3.05, 3.63) is 65.7 Å². The Balaban J connectivity index is 1.45. The van der Waals surface area contributed by atoms with Crippen LogP contribution in [0.1, 0.15) is 27.6 Å². The van der Waals surface area contributed by atoms with E-state index >= 15 is 0 Å². The number of rotatable bonds is 6. The van der Waals surface area contributed by atoms with Crippen LogP contribution in [0.2, 0.25) is 0 Å². The summed E-state index contributed by atoms with van der Waals surface area (Å²) in [5.41, 5.74) is 1.27. The molecular weight excluding hydrogens is 362 g/mol. The summed E-state index contributed by atoms with van der Waals surface area (Å²) in [4.78, 5) is 49.4. The molecule has 1 aliphatic heterocycles. The zero-order valence-electron chi connectivity index (χ0n) is 15.2. The third kappa shape index (κ3) is 4.17. The van der Waals surface area contributed by atoms with Crippen LogP contribution >= 0.6 is 0 Å². The highest BCUT2D eigenvalue weighted by atomic mass is 16.5. The molecule has 8 heteroatoms. The van der Waals surface area contributed by atoms with E-state index in [0.717, 1.165) is 4.90 Å². The lowest BCUT2D eigenvalue weighted by Gasteiger charge is -2.16. The Morgan fingerprint density at radius 1 is 0.964 bits per heavy atom. The second kappa shape index (κ2) is 8.34. The number of ether oxygens (including phenoxy) is 1. The summed E-state index contributed by atoms with van der Waals surface area (Å²) in [5.74, 6) is -1.49. The van der Waals surface area contributed by atoms with Gasteiger partial charge in [0.25, 0.3) is 11.8 Å². The van der Waals surface area contributed by atoms with Crippen LogP contribution in [0.15, 0.2) is 54.6 Å². The highest BCUT2D eigenvalue weighted by molar-refractivity contribution is 6.21. The van der Waals surface area contributed by atoms with E-state index < -0.39 is 29.9 Å². The first-order valence-electron chi connectivity index (χ1n) is 8.72. The van der Waals surface area contributed by atoms with Crippen molar-refractivity contribution in [1.82, 2.24) is 10.2 Å². The average molecular weight is 381 g/mol. The molecule has 4 amide bonds. The zero-order chi connectivity index (χ0) is 20.1. The molecule has 0 unspecified atom stereocenters. The van der Waals surface area contributed by atoms with E-state index in [-0.39, 0.29) is 13.2 Å². The van der Waals surface area contributed by atoms with E-state index in [4.69, 9.17) is 4.74 Å². The van der Waals surface area contributed by atoms with Gasteiger partial charge in [0.15, 0.2) is 0 Å². The molecule has 8 nitrogen and oxygen atoms in total. The second-order valence-corrected chi connectivity index (χ2v) is 6.16. The summed E-state index contributed by atoms with van der Waals surface area (Å²) in [6, 6.07) is 13.9. The van der Waals surface area contributed by atoms with Crippen LogP contribution in [0, 0.1) is 0 Å². The van der Waals surface area contributed by atoms with E-state index in [9.17, 15) is 19.2 Å². The van der Waals surface area contributed by atoms with E-state index in [1.54, 1.807) is 48.5 Å². The highest BCUT2D eigenvalue weighted by Gasteiger charge is 2.34. The van der Waals surface area contributed by atoms with Crippen LogP contribution in [0.4, 0.5) is 10.5 Å². The van der Waals surface area contributed by atoms with Gasteiger partial charge in [0.1, 0.15) is 12.6 Å². The first-order chi connectivity index (χ1) is 13.5. The monoisotopic (exact) mass is 381 g/mol. The number of nitrogens with one attached hydrogen (secondary N) is 2. The van der Waals surface area contributed by atoms with Gasteiger partial charge in [0, 0.05) is 5.69 Å². The SMILES string of the molecule is C[C@H](NC(=O)Nc1ccccc1)C(=O)OCCN1C(=O)c2ccccc2C1=O. The van der Waals surface area contributed by atoms with Crippen molar-refractivity contribution in [2.24, 2.45) is 0 Å². The molecule has 144 valence electrons. The van der Waals surface area contributed by atoms with Gasteiger partial charge in [-0.2, -0.15) is 0 Å². The number of urea groups is 1. The van der Waals surface area contributed by atoms with Crippen molar-refractivity contribution in [1.29, 1.82) is 0 Å². The van der Waals surface area contributed by atoms with Gasteiger partial charge in [-0.15, -0.1) is 0 Å². The Hall–Kier alpha value is -3.68. The lowest BCUT2D eigenvalue weighted by Crippen LogP contribution is -2.42. The number of fused-ring (bicyclic) bond motifs is 1. The number of esters is 1. The van der Waals surface area contributed by atoms with Gasteiger partial charge in [-0.1, -0.05) is 30.3 Å². The molecule has 0 spiro atoms. The first kappa shape index (κ1) is 19.1. The molecule has 28 heavy (non-hydrogen) atoms. The molecule has 0 saturated heterocycles. The fraction of sp³-hybridized carbons (Fsp3) is 0.200. The molecule has 3 rings (SSSR count). The molecule has 2 N–H and O–H groups in total. The van der Waals surface area contributed by atoms with Gasteiger partial charge in [-0.25, -0.2) is 9.59 Å². The quantitative estimate of drug-likeness (QED) is 0.588. The smallest absolute Gasteiger partial charge is 0.328 e. The molecule has 0 bridgehead atoms. The fourth-order valence-electron chi connectivity index (χ4n) is 2.75. The van der Waals surface area contributed by atoms with Crippen molar-refractivity contribution in [2.45, 2.75) is 13.0 Å². The third-order valence-electron chi connectivity index (χ3n) is 4.17. The Morgan fingerprint density at radius 2 is 1.54 bits per heavy atom. The van der Waals surface area contributed by atoms with Gasteiger partial charge < -0.3 is 15.4 Å². The largest absolute Gasteiger partial charge is 0.462 e. The van der Waals surface area contributed by atoms with Crippen LogP contribution in [-0.4, -0.2) is 47.9 Å². The minimum absolute atomic E-state index is 0.0545. The first-order valence-corrected chi connectivity index (χ1v) is 8.72. The predicted molar refractivity (Wildman–Crippen MR) is 101 cm³/mol. The van der Waals surface area contributed by atoms with E-state index in [0.29, 0.717) is 16.8 Å². The standard InChI is InChI=1S/C20H19N3O5/c1-13(21-20(27)22-14-7-3-2-4-8-14)19(26)28-12-11-23-17(24)15-9-5-6-10-16(15)18(23)25/h2-10,13H,11-12H2,1H3,(H2,21,22,27)/t13-/m0/s1.